The zero-order chi connectivity index (χ0) is 24.2. The second kappa shape index (κ2) is 10.5. The Morgan fingerprint density at radius 3 is 2.37 bits per heavy atom. The Kier molecular flexibility index (Phi) is 7.00. The normalized spacial score (nSPS) is 20.7. The fraction of sp³-hybridized carbons (Fsp3) is 0.345. The van der Waals surface area contributed by atoms with Crippen LogP contribution in [0.25, 0.3) is 0 Å². The third-order valence-corrected chi connectivity index (χ3v) is 7.33. The molecule has 3 aromatic rings. The number of nitrogens with zero attached hydrogens (tertiary/aromatic N) is 3. The predicted octanol–water partition coefficient (Wildman–Crippen LogP) is 4.51. The van der Waals surface area contributed by atoms with Gasteiger partial charge in [0.25, 0.3) is 5.91 Å². The summed E-state index contributed by atoms with van der Waals surface area (Å²) in [6.45, 7) is 6.29. The fourth-order valence-corrected chi connectivity index (χ4v) is 5.41. The third-order valence-electron chi connectivity index (χ3n) is 7.33. The maximum absolute atomic E-state index is 13.4. The topological polar surface area (TPSA) is 36.0 Å². The second-order valence-electron chi connectivity index (χ2n) is 9.48. The molecule has 0 N–H and O–H groups in total. The summed E-state index contributed by atoms with van der Waals surface area (Å²) in [5.74, 6) is 1.01. The molecule has 0 saturated carbocycles. The van der Waals surface area contributed by atoms with Crippen molar-refractivity contribution in [1.82, 2.24) is 9.80 Å². The van der Waals surface area contributed by atoms with Crippen LogP contribution in [0.2, 0.25) is 0 Å². The summed E-state index contributed by atoms with van der Waals surface area (Å²) >= 11 is 0. The van der Waals surface area contributed by atoms with E-state index in [0.29, 0.717) is 24.6 Å². The molecule has 0 aliphatic carbocycles. The molecule has 0 aromatic heterocycles. The minimum atomic E-state index is -0.329. The van der Waals surface area contributed by atoms with E-state index in [1.165, 1.54) is 23.4 Å². The van der Waals surface area contributed by atoms with E-state index in [9.17, 15) is 9.18 Å². The van der Waals surface area contributed by atoms with Gasteiger partial charge in [-0.05, 0) is 60.0 Å². The van der Waals surface area contributed by atoms with Crippen LogP contribution in [-0.4, -0.2) is 68.6 Å². The van der Waals surface area contributed by atoms with Gasteiger partial charge >= 0.3 is 0 Å². The zero-order valence-electron chi connectivity index (χ0n) is 20.1. The van der Waals surface area contributed by atoms with E-state index >= 15 is 0 Å². The summed E-state index contributed by atoms with van der Waals surface area (Å²) in [6, 6.07) is 24.6. The van der Waals surface area contributed by atoms with Gasteiger partial charge in [0.2, 0.25) is 0 Å². The molecule has 0 spiro atoms. The molecule has 2 fully saturated rings. The number of carbonyl (C=O) groups is 1. The van der Waals surface area contributed by atoms with E-state index in [1.807, 2.05) is 17.0 Å². The number of likely N-dealkylation sites (tertiary alicyclic amines) is 1. The Balaban J connectivity index is 1.30. The van der Waals surface area contributed by atoms with Crippen molar-refractivity contribution in [2.75, 3.05) is 57.8 Å². The summed E-state index contributed by atoms with van der Waals surface area (Å²) in [4.78, 5) is 20.2. The minimum absolute atomic E-state index is 0.0331. The number of amides is 1. The van der Waals surface area contributed by atoms with Crippen molar-refractivity contribution in [3.63, 3.8) is 0 Å². The highest BCUT2D eigenvalue weighted by Crippen LogP contribution is 2.36. The van der Waals surface area contributed by atoms with Gasteiger partial charge in [-0.3, -0.25) is 9.69 Å². The van der Waals surface area contributed by atoms with Gasteiger partial charge in [-0.15, -0.1) is 0 Å². The zero-order valence-corrected chi connectivity index (χ0v) is 20.1. The minimum Gasteiger partial charge on any atom is -0.497 e. The highest BCUT2D eigenvalue weighted by molar-refractivity contribution is 5.94. The Morgan fingerprint density at radius 2 is 1.66 bits per heavy atom. The first-order valence-electron chi connectivity index (χ1n) is 12.3. The summed E-state index contributed by atoms with van der Waals surface area (Å²) in [5, 5.41) is 0. The largest absolute Gasteiger partial charge is 0.497 e. The molecule has 6 heteroatoms. The van der Waals surface area contributed by atoms with Gasteiger partial charge in [-0.1, -0.05) is 30.3 Å². The molecule has 3 aromatic carbocycles. The van der Waals surface area contributed by atoms with Crippen LogP contribution >= 0.6 is 0 Å². The fourth-order valence-electron chi connectivity index (χ4n) is 5.41. The number of hydrogen-bond acceptors (Lipinski definition) is 4. The number of carbonyl (C=O) groups excluding carboxylic acids is 1. The molecule has 2 saturated heterocycles. The van der Waals surface area contributed by atoms with E-state index < -0.39 is 0 Å². The van der Waals surface area contributed by atoms with Crippen molar-refractivity contribution in [2.45, 2.75) is 5.92 Å². The van der Waals surface area contributed by atoms with E-state index in [4.69, 9.17) is 4.74 Å². The van der Waals surface area contributed by atoms with Crippen LogP contribution in [0.4, 0.5) is 10.1 Å². The number of hydrogen-bond donors (Lipinski definition) is 0. The Hall–Kier alpha value is -3.38. The molecule has 0 bridgehead atoms. The van der Waals surface area contributed by atoms with E-state index in [2.05, 4.69) is 52.3 Å². The van der Waals surface area contributed by atoms with Gasteiger partial charge in [0.05, 0.1) is 7.11 Å². The standard InChI is InChI=1S/C29H32FN3O2/c1-35-27-9-5-6-23(18-27)28-21-33(29(34)22-10-12-25(30)13-11-22)20-24(28)19-31-14-16-32(17-15-31)26-7-3-2-4-8-26/h2-13,18,24,28H,14-17,19-21H2,1H3. The van der Waals surface area contributed by atoms with Crippen molar-refractivity contribution in [3.8, 4) is 5.75 Å². The maximum Gasteiger partial charge on any atom is 0.253 e. The van der Waals surface area contributed by atoms with Crippen LogP contribution in [0.15, 0.2) is 78.9 Å². The SMILES string of the molecule is COc1cccc(C2CN(C(=O)c3ccc(F)cc3)CC2CN2CCN(c3ccccc3)CC2)c1. The average molecular weight is 474 g/mol. The molecule has 2 unspecified atom stereocenters. The van der Waals surface area contributed by atoms with Crippen LogP contribution in [0.1, 0.15) is 21.8 Å². The van der Waals surface area contributed by atoms with Gasteiger partial charge in [-0.25, -0.2) is 4.39 Å². The molecular formula is C29H32FN3O2. The first-order chi connectivity index (χ1) is 17.1. The molecular weight excluding hydrogens is 441 g/mol. The number of anilines is 1. The van der Waals surface area contributed by atoms with Crippen LogP contribution in [0.3, 0.4) is 0 Å². The first kappa shape index (κ1) is 23.4. The van der Waals surface area contributed by atoms with Crippen LogP contribution in [0, 0.1) is 11.7 Å². The number of para-hydroxylation sites is 1. The van der Waals surface area contributed by atoms with Gasteiger partial charge in [0.15, 0.2) is 0 Å². The summed E-state index contributed by atoms with van der Waals surface area (Å²) in [5.41, 5.74) is 3.01. The molecule has 1 amide bonds. The second-order valence-corrected chi connectivity index (χ2v) is 9.48. The van der Waals surface area contributed by atoms with Crippen LogP contribution in [0.5, 0.6) is 5.75 Å². The molecule has 2 aliphatic heterocycles. The molecule has 5 nitrogen and oxygen atoms in total. The predicted molar refractivity (Wildman–Crippen MR) is 137 cm³/mol. The first-order valence-corrected chi connectivity index (χ1v) is 12.3. The molecule has 5 rings (SSSR count). The molecule has 182 valence electrons. The van der Waals surface area contributed by atoms with Crippen molar-refractivity contribution in [1.29, 1.82) is 0 Å². The average Bonchev–Trinajstić information content (AvgIpc) is 3.33. The smallest absolute Gasteiger partial charge is 0.253 e. The number of piperazine rings is 1. The lowest BCUT2D eigenvalue weighted by Gasteiger charge is -2.37. The van der Waals surface area contributed by atoms with E-state index in [1.54, 1.807) is 19.2 Å². The number of rotatable bonds is 6. The number of ether oxygens (including phenoxy) is 1. The lowest BCUT2D eigenvalue weighted by molar-refractivity contribution is 0.0782. The number of halogens is 1. The number of benzene rings is 3. The van der Waals surface area contributed by atoms with Gasteiger partial charge in [0.1, 0.15) is 11.6 Å². The highest BCUT2D eigenvalue weighted by atomic mass is 19.1. The summed E-state index contributed by atoms with van der Waals surface area (Å²) < 4.78 is 18.9. The van der Waals surface area contributed by atoms with Crippen LogP contribution in [-0.2, 0) is 0 Å². The van der Waals surface area contributed by atoms with Crippen LogP contribution < -0.4 is 9.64 Å². The maximum atomic E-state index is 13.4. The molecule has 0 radical (unpaired) electrons. The number of methoxy groups -OCH3 is 1. The van der Waals surface area contributed by atoms with Gasteiger partial charge < -0.3 is 14.5 Å². The molecule has 2 aliphatic rings. The lowest BCUT2D eigenvalue weighted by atomic mass is 9.88. The lowest BCUT2D eigenvalue weighted by Crippen LogP contribution is -2.48. The van der Waals surface area contributed by atoms with Crippen molar-refractivity contribution in [2.24, 2.45) is 5.92 Å². The van der Waals surface area contributed by atoms with E-state index in [0.717, 1.165) is 38.5 Å². The van der Waals surface area contributed by atoms with Gasteiger partial charge in [0, 0.05) is 63.0 Å². The van der Waals surface area contributed by atoms with Crippen molar-refractivity contribution in [3.05, 3.63) is 95.8 Å². The Morgan fingerprint density at radius 1 is 0.914 bits per heavy atom. The van der Waals surface area contributed by atoms with Crippen molar-refractivity contribution >= 4 is 11.6 Å². The quantitative estimate of drug-likeness (QED) is 0.528. The van der Waals surface area contributed by atoms with E-state index in [-0.39, 0.29) is 17.6 Å². The van der Waals surface area contributed by atoms with Crippen molar-refractivity contribution < 1.29 is 13.9 Å². The summed E-state index contributed by atoms with van der Waals surface area (Å²) in [6.07, 6.45) is 0. The monoisotopic (exact) mass is 473 g/mol. The Labute approximate surface area is 206 Å². The third kappa shape index (κ3) is 5.33. The van der Waals surface area contributed by atoms with Gasteiger partial charge in [-0.2, -0.15) is 0 Å². The molecule has 2 atom stereocenters. The molecule has 2 heterocycles. The Bertz CT molecular complexity index is 1130. The summed E-state index contributed by atoms with van der Waals surface area (Å²) in [7, 11) is 1.68. The molecule has 35 heavy (non-hydrogen) atoms. The highest BCUT2D eigenvalue weighted by Gasteiger charge is 2.38.